The van der Waals surface area contributed by atoms with Crippen LogP contribution in [-0.2, 0) is 24.1 Å². The van der Waals surface area contributed by atoms with Crippen molar-refractivity contribution in [3.63, 3.8) is 0 Å². The van der Waals surface area contributed by atoms with Gasteiger partial charge in [-0.05, 0) is 49.4 Å². The molecule has 1 atom stereocenters. The third kappa shape index (κ3) is 4.24. The van der Waals surface area contributed by atoms with Gasteiger partial charge in [0, 0.05) is 23.3 Å². The van der Waals surface area contributed by atoms with E-state index in [2.05, 4.69) is 22.2 Å². The lowest BCUT2D eigenvalue weighted by Gasteiger charge is -2.15. The molecule has 0 spiro atoms. The number of anilines is 1. The Balaban J connectivity index is 1.33. The Morgan fingerprint density at radius 1 is 1.37 bits per heavy atom. The van der Waals surface area contributed by atoms with Gasteiger partial charge in [0.05, 0.1) is 11.9 Å². The van der Waals surface area contributed by atoms with Gasteiger partial charge in [-0.25, -0.2) is 14.4 Å². The molecule has 1 amide bonds. The van der Waals surface area contributed by atoms with E-state index in [4.69, 9.17) is 4.42 Å². The van der Waals surface area contributed by atoms with Crippen molar-refractivity contribution in [2.75, 3.05) is 5.32 Å². The average molecular weight is 385 g/mol. The van der Waals surface area contributed by atoms with Crippen molar-refractivity contribution in [3.05, 3.63) is 52.7 Å². The Kier molecular flexibility index (Phi) is 5.03. The Hall–Kier alpha value is -2.54. The summed E-state index contributed by atoms with van der Waals surface area (Å²) in [4.78, 5) is 22.3. The molecule has 5 nitrogen and oxygen atoms in total. The third-order valence-electron chi connectivity index (χ3n) is 4.68. The molecule has 140 valence electrons. The molecule has 3 aromatic rings. The topological polar surface area (TPSA) is 68.0 Å². The number of aromatic nitrogens is 2. The quantitative estimate of drug-likeness (QED) is 0.695. The standard InChI is InChI=1S/C20H20FN3O2S/c1-12-2-7-15-17(10-12)27-20(23-15)24-18(25)8-9-19-22-11-16(26-19)13-3-5-14(21)6-4-13/h3-6,11-12H,2,7-10H2,1H3,(H,23,24,25). The number of oxazole rings is 1. The van der Waals surface area contributed by atoms with Crippen LogP contribution in [0.25, 0.3) is 11.3 Å². The number of aryl methyl sites for hydroxylation is 2. The lowest BCUT2D eigenvalue weighted by atomic mass is 9.93. The predicted octanol–water partition coefficient (Wildman–Crippen LogP) is 4.63. The molecule has 1 N–H and O–H groups in total. The minimum atomic E-state index is -0.298. The first kappa shape index (κ1) is 17.9. The maximum Gasteiger partial charge on any atom is 0.226 e. The van der Waals surface area contributed by atoms with Gasteiger partial charge in [-0.15, -0.1) is 11.3 Å². The molecule has 0 saturated heterocycles. The van der Waals surface area contributed by atoms with Crippen molar-refractivity contribution < 1.29 is 13.6 Å². The SMILES string of the molecule is CC1CCc2nc(NC(=O)CCc3ncc(-c4ccc(F)cc4)o3)sc2C1. The number of amides is 1. The number of carbonyl (C=O) groups excluding carboxylic acids is 1. The Labute approximate surface area is 160 Å². The van der Waals surface area contributed by atoms with Crippen molar-refractivity contribution in [3.8, 4) is 11.3 Å². The number of nitrogens with zero attached hydrogens (tertiary/aromatic N) is 2. The Morgan fingerprint density at radius 3 is 3.00 bits per heavy atom. The summed E-state index contributed by atoms with van der Waals surface area (Å²) in [5.41, 5.74) is 1.88. The number of halogens is 1. The van der Waals surface area contributed by atoms with E-state index in [1.807, 2.05) is 0 Å². The Morgan fingerprint density at radius 2 is 2.19 bits per heavy atom. The highest BCUT2D eigenvalue weighted by Gasteiger charge is 2.20. The van der Waals surface area contributed by atoms with Crippen molar-refractivity contribution >= 4 is 22.4 Å². The summed E-state index contributed by atoms with van der Waals surface area (Å²) in [5, 5.41) is 3.57. The molecule has 1 aromatic carbocycles. The lowest BCUT2D eigenvalue weighted by Crippen LogP contribution is -2.12. The molecule has 0 fully saturated rings. The van der Waals surface area contributed by atoms with Crippen molar-refractivity contribution in [1.29, 1.82) is 0 Å². The monoisotopic (exact) mass is 385 g/mol. The highest BCUT2D eigenvalue weighted by atomic mass is 32.1. The van der Waals surface area contributed by atoms with E-state index in [9.17, 15) is 9.18 Å². The van der Waals surface area contributed by atoms with Crippen molar-refractivity contribution in [1.82, 2.24) is 9.97 Å². The van der Waals surface area contributed by atoms with Gasteiger partial charge >= 0.3 is 0 Å². The molecule has 0 radical (unpaired) electrons. The number of benzene rings is 1. The van der Waals surface area contributed by atoms with Crippen LogP contribution in [0.4, 0.5) is 9.52 Å². The molecule has 4 rings (SSSR count). The largest absolute Gasteiger partial charge is 0.441 e. The fourth-order valence-electron chi connectivity index (χ4n) is 3.17. The zero-order valence-corrected chi connectivity index (χ0v) is 15.8. The number of hydrogen-bond acceptors (Lipinski definition) is 5. The average Bonchev–Trinajstić information content (AvgIpc) is 3.26. The van der Waals surface area contributed by atoms with E-state index < -0.39 is 0 Å². The number of carbonyl (C=O) groups is 1. The maximum atomic E-state index is 13.0. The van der Waals surface area contributed by atoms with Crippen LogP contribution in [0, 0.1) is 11.7 Å². The lowest BCUT2D eigenvalue weighted by molar-refractivity contribution is -0.116. The normalized spacial score (nSPS) is 16.1. The van der Waals surface area contributed by atoms with Gasteiger partial charge in [0.25, 0.3) is 0 Å². The molecule has 0 saturated carbocycles. The summed E-state index contributed by atoms with van der Waals surface area (Å²) in [6, 6.07) is 6.02. The number of thiazole rings is 1. The summed E-state index contributed by atoms with van der Waals surface area (Å²) in [7, 11) is 0. The highest BCUT2D eigenvalue weighted by molar-refractivity contribution is 7.15. The van der Waals surface area contributed by atoms with Crippen LogP contribution in [-0.4, -0.2) is 15.9 Å². The van der Waals surface area contributed by atoms with E-state index in [0.717, 1.165) is 30.5 Å². The summed E-state index contributed by atoms with van der Waals surface area (Å²) in [5.74, 6) is 1.33. The van der Waals surface area contributed by atoms with E-state index >= 15 is 0 Å². The molecular formula is C20H20FN3O2S. The summed E-state index contributed by atoms with van der Waals surface area (Å²) in [6.07, 6.45) is 5.46. The number of nitrogens with one attached hydrogen (secondary N) is 1. The van der Waals surface area contributed by atoms with Gasteiger partial charge in [-0.3, -0.25) is 4.79 Å². The van der Waals surface area contributed by atoms with Crippen LogP contribution in [0.5, 0.6) is 0 Å². The van der Waals surface area contributed by atoms with Crippen LogP contribution in [0.2, 0.25) is 0 Å². The summed E-state index contributed by atoms with van der Waals surface area (Å²) in [6.45, 7) is 2.25. The molecule has 1 aliphatic carbocycles. The van der Waals surface area contributed by atoms with Crippen LogP contribution < -0.4 is 5.32 Å². The van der Waals surface area contributed by atoms with Crippen LogP contribution in [0.3, 0.4) is 0 Å². The van der Waals surface area contributed by atoms with Crippen LogP contribution in [0.1, 0.15) is 36.2 Å². The van der Waals surface area contributed by atoms with E-state index in [0.29, 0.717) is 29.1 Å². The minimum absolute atomic E-state index is 0.101. The second kappa shape index (κ2) is 7.60. The van der Waals surface area contributed by atoms with Crippen LogP contribution in [0.15, 0.2) is 34.9 Å². The van der Waals surface area contributed by atoms with Gasteiger partial charge < -0.3 is 9.73 Å². The van der Waals surface area contributed by atoms with Crippen molar-refractivity contribution in [2.45, 2.75) is 39.0 Å². The van der Waals surface area contributed by atoms with Gasteiger partial charge in [-0.2, -0.15) is 0 Å². The number of fused-ring (bicyclic) bond motifs is 1. The first-order chi connectivity index (χ1) is 13.1. The van der Waals surface area contributed by atoms with E-state index in [-0.39, 0.29) is 18.1 Å². The van der Waals surface area contributed by atoms with Gasteiger partial charge in [0.15, 0.2) is 16.8 Å². The van der Waals surface area contributed by atoms with Gasteiger partial charge in [0.2, 0.25) is 5.91 Å². The van der Waals surface area contributed by atoms with Crippen molar-refractivity contribution in [2.24, 2.45) is 5.92 Å². The number of rotatable bonds is 5. The molecule has 27 heavy (non-hydrogen) atoms. The molecule has 1 unspecified atom stereocenters. The molecule has 2 aromatic heterocycles. The molecule has 1 aliphatic rings. The zero-order chi connectivity index (χ0) is 18.8. The smallest absolute Gasteiger partial charge is 0.226 e. The third-order valence-corrected chi connectivity index (χ3v) is 5.72. The molecule has 0 bridgehead atoms. The zero-order valence-electron chi connectivity index (χ0n) is 15.0. The van der Waals surface area contributed by atoms with Gasteiger partial charge in [-0.1, -0.05) is 6.92 Å². The molecule has 0 aliphatic heterocycles. The maximum absolute atomic E-state index is 13.0. The second-order valence-electron chi connectivity index (χ2n) is 6.91. The van der Waals surface area contributed by atoms with E-state index in [1.165, 1.54) is 17.0 Å². The highest BCUT2D eigenvalue weighted by Crippen LogP contribution is 2.32. The summed E-state index contributed by atoms with van der Waals surface area (Å²) >= 11 is 1.58. The summed E-state index contributed by atoms with van der Waals surface area (Å²) < 4.78 is 18.7. The second-order valence-corrected chi connectivity index (χ2v) is 7.99. The van der Waals surface area contributed by atoms with Crippen LogP contribution >= 0.6 is 11.3 Å². The predicted molar refractivity (Wildman–Crippen MR) is 102 cm³/mol. The number of hydrogen-bond donors (Lipinski definition) is 1. The molecule has 7 heteroatoms. The minimum Gasteiger partial charge on any atom is -0.441 e. The first-order valence-electron chi connectivity index (χ1n) is 9.06. The van der Waals surface area contributed by atoms with Gasteiger partial charge in [0.1, 0.15) is 5.82 Å². The van der Waals surface area contributed by atoms with E-state index in [1.54, 1.807) is 29.7 Å². The molecule has 2 heterocycles. The fraction of sp³-hybridized carbons (Fsp3) is 0.350. The molecular weight excluding hydrogens is 365 g/mol. The Bertz CT molecular complexity index is 949. The fourth-order valence-corrected chi connectivity index (χ4v) is 4.36. The first-order valence-corrected chi connectivity index (χ1v) is 9.87.